The minimum atomic E-state index is 0.987. The van der Waals surface area contributed by atoms with E-state index in [1.54, 1.807) is 0 Å². The maximum Gasteiger partial charge on any atom is 0.132 e. The smallest absolute Gasteiger partial charge is 0.132 e. The third kappa shape index (κ3) is 1.03. The van der Waals surface area contributed by atoms with Gasteiger partial charge in [0.25, 0.3) is 0 Å². The first kappa shape index (κ1) is 7.38. The highest BCUT2D eigenvalue weighted by Gasteiger charge is 2.09. The molecule has 2 heterocycles. The molecule has 0 aromatic heterocycles. The SMILES string of the molecule is C1=CN2C=c3ccccc3=NC=C2N1. The Bertz CT molecular complexity index is 540. The highest BCUT2D eigenvalue weighted by Crippen LogP contribution is 2.09. The van der Waals surface area contributed by atoms with Crippen molar-refractivity contribution in [2.24, 2.45) is 4.99 Å². The van der Waals surface area contributed by atoms with Gasteiger partial charge in [-0.15, -0.1) is 0 Å². The molecule has 68 valence electrons. The monoisotopic (exact) mass is 183 g/mol. The van der Waals surface area contributed by atoms with Crippen LogP contribution in [-0.2, 0) is 0 Å². The maximum absolute atomic E-state index is 4.39. The van der Waals surface area contributed by atoms with E-state index in [-0.39, 0.29) is 0 Å². The number of para-hydroxylation sites is 1. The fourth-order valence-electron chi connectivity index (χ4n) is 1.57. The van der Waals surface area contributed by atoms with Crippen molar-refractivity contribution in [3.63, 3.8) is 0 Å². The molecular formula is C11H9N3. The number of nitrogens with zero attached hydrogens (tertiary/aromatic N) is 2. The van der Waals surface area contributed by atoms with Crippen LogP contribution in [0.3, 0.4) is 0 Å². The first-order valence-corrected chi connectivity index (χ1v) is 4.50. The standard InChI is InChI=1S/C11H9N3/c1-2-4-10-9(3-1)8-14-6-5-12-11(14)7-13-10/h1-8,12H. The summed E-state index contributed by atoms with van der Waals surface area (Å²) in [4.78, 5) is 6.42. The van der Waals surface area contributed by atoms with Crippen LogP contribution in [0.2, 0.25) is 0 Å². The predicted octanol–water partition coefficient (Wildman–Crippen LogP) is 0.233. The highest BCUT2D eigenvalue weighted by molar-refractivity contribution is 5.34. The van der Waals surface area contributed by atoms with Crippen molar-refractivity contribution >= 4 is 6.20 Å². The third-order valence-electron chi connectivity index (χ3n) is 2.29. The summed E-state index contributed by atoms with van der Waals surface area (Å²) in [6, 6.07) is 8.08. The molecule has 0 unspecified atom stereocenters. The van der Waals surface area contributed by atoms with Crippen molar-refractivity contribution in [2.45, 2.75) is 0 Å². The molecule has 0 bridgehead atoms. The Morgan fingerprint density at radius 2 is 2.14 bits per heavy atom. The van der Waals surface area contributed by atoms with Crippen LogP contribution < -0.4 is 15.9 Å². The maximum atomic E-state index is 4.39. The average molecular weight is 183 g/mol. The van der Waals surface area contributed by atoms with Gasteiger partial charge in [-0.3, -0.25) is 4.99 Å². The normalized spacial score (nSPS) is 16.9. The number of fused-ring (bicyclic) bond motifs is 2. The third-order valence-corrected chi connectivity index (χ3v) is 2.29. The number of hydrogen-bond acceptors (Lipinski definition) is 3. The van der Waals surface area contributed by atoms with Crippen LogP contribution in [0.1, 0.15) is 0 Å². The second kappa shape index (κ2) is 2.73. The second-order valence-corrected chi connectivity index (χ2v) is 3.20. The van der Waals surface area contributed by atoms with Crippen molar-refractivity contribution in [3.8, 4) is 0 Å². The predicted molar refractivity (Wildman–Crippen MR) is 53.9 cm³/mol. The van der Waals surface area contributed by atoms with Crippen molar-refractivity contribution in [2.75, 3.05) is 0 Å². The summed E-state index contributed by atoms with van der Waals surface area (Å²) in [6.45, 7) is 0. The van der Waals surface area contributed by atoms with Crippen molar-refractivity contribution in [1.82, 2.24) is 10.2 Å². The average Bonchev–Trinajstić information content (AvgIpc) is 2.58. The molecule has 0 aliphatic carbocycles. The fourth-order valence-corrected chi connectivity index (χ4v) is 1.57. The van der Waals surface area contributed by atoms with Gasteiger partial charge in [-0.25, -0.2) is 0 Å². The minimum absolute atomic E-state index is 0.987. The molecule has 0 spiro atoms. The van der Waals surface area contributed by atoms with Gasteiger partial charge in [-0.2, -0.15) is 0 Å². The van der Waals surface area contributed by atoms with Gasteiger partial charge in [0, 0.05) is 23.8 Å². The Morgan fingerprint density at radius 1 is 1.21 bits per heavy atom. The van der Waals surface area contributed by atoms with E-state index in [0.717, 1.165) is 16.4 Å². The van der Waals surface area contributed by atoms with E-state index < -0.39 is 0 Å². The number of rotatable bonds is 0. The Hall–Kier alpha value is -2.03. The molecule has 0 amide bonds. The Morgan fingerprint density at radius 3 is 3.14 bits per heavy atom. The summed E-state index contributed by atoms with van der Waals surface area (Å²) < 4.78 is 0. The molecule has 3 rings (SSSR count). The van der Waals surface area contributed by atoms with Gasteiger partial charge in [0.05, 0.1) is 11.6 Å². The molecule has 0 atom stereocenters. The van der Waals surface area contributed by atoms with E-state index in [4.69, 9.17) is 0 Å². The van der Waals surface area contributed by atoms with Gasteiger partial charge in [0.1, 0.15) is 5.82 Å². The van der Waals surface area contributed by atoms with Crippen LogP contribution in [0, 0.1) is 0 Å². The minimum Gasteiger partial charge on any atom is -0.345 e. The van der Waals surface area contributed by atoms with Gasteiger partial charge >= 0.3 is 0 Å². The molecular weight excluding hydrogens is 174 g/mol. The number of benzene rings is 1. The van der Waals surface area contributed by atoms with Crippen LogP contribution in [0.4, 0.5) is 0 Å². The van der Waals surface area contributed by atoms with E-state index in [0.29, 0.717) is 0 Å². The molecule has 3 heteroatoms. The van der Waals surface area contributed by atoms with Crippen LogP contribution in [0.5, 0.6) is 0 Å². The van der Waals surface area contributed by atoms with E-state index in [9.17, 15) is 0 Å². The lowest BCUT2D eigenvalue weighted by Crippen LogP contribution is -2.25. The Labute approximate surface area is 81.4 Å². The zero-order chi connectivity index (χ0) is 9.38. The first-order chi connectivity index (χ1) is 6.93. The van der Waals surface area contributed by atoms with E-state index in [2.05, 4.69) is 22.6 Å². The molecule has 1 aromatic carbocycles. The van der Waals surface area contributed by atoms with Crippen molar-refractivity contribution < 1.29 is 0 Å². The summed E-state index contributed by atoms with van der Waals surface area (Å²) in [6.07, 6.45) is 7.77. The fraction of sp³-hybridized carbons (Fsp3) is 0. The van der Waals surface area contributed by atoms with Crippen molar-refractivity contribution in [1.29, 1.82) is 0 Å². The highest BCUT2D eigenvalue weighted by atomic mass is 15.3. The molecule has 0 radical (unpaired) electrons. The van der Waals surface area contributed by atoms with Gasteiger partial charge in [0.15, 0.2) is 0 Å². The van der Waals surface area contributed by atoms with Crippen LogP contribution in [0.25, 0.3) is 6.20 Å². The van der Waals surface area contributed by atoms with Crippen LogP contribution in [-0.4, -0.2) is 4.90 Å². The molecule has 1 N–H and O–H groups in total. The van der Waals surface area contributed by atoms with E-state index >= 15 is 0 Å². The summed E-state index contributed by atoms with van der Waals surface area (Å²) >= 11 is 0. The molecule has 0 fully saturated rings. The van der Waals surface area contributed by atoms with Gasteiger partial charge in [0.2, 0.25) is 0 Å². The molecule has 2 aliphatic heterocycles. The van der Waals surface area contributed by atoms with Gasteiger partial charge in [-0.1, -0.05) is 18.2 Å². The topological polar surface area (TPSA) is 27.6 Å². The summed E-state index contributed by atoms with van der Waals surface area (Å²) in [5.74, 6) is 0.987. The second-order valence-electron chi connectivity index (χ2n) is 3.20. The zero-order valence-electron chi connectivity index (χ0n) is 7.51. The number of hydrogen-bond donors (Lipinski definition) is 1. The summed E-state index contributed by atoms with van der Waals surface area (Å²) in [7, 11) is 0. The molecule has 2 aliphatic rings. The summed E-state index contributed by atoms with van der Waals surface area (Å²) in [5, 5.41) is 5.25. The van der Waals surface area contributed by atoms with E-state index in [1.165, 1.54) is 0 Å². The molecule has 0 saturated heterocycles. The molecule has 1 aromatic rings. The van der Waals surface area contributed by atoms with Crippen LogP contribution in [0.15, 0.2) is 53.7 Å². The van der Waals surface area contributed by atoms with E-state index in [1.807, 2.05) is 41.7 Å². The largest absolute Gasteiger partial charge is 0.345 e. The Kier molecular flexibility index (Phi) is 1.44. The lowest BCUT2D eigenvalue weighted by atomic mass is 10.3. The summed E-state index contributed by atoms with van der Waals surface area (Å²) in [5.41, 5.74) is 0. The van der Waals surface area contributed by atoms with Gasteiger partial charge in [-0.05, 0) is 6.07 Å². The number of nitrogens with one attached hydrogen (secondary N) is 1. The molecule has 0 saturated carbocycles. The lowest BCUT2D eigenvalue weighted by molar-refractivity contribution is 0.676. The van der Waals surface area contributed by atoms with Gasteiger partial charge < -0.3 is 10.2 Å². The Balaban J connectivity index is 2.30. The lowest BCUT2D eigenvalue weighted by Gasteiger charge is -2.09. The van der Waals surface area contributed by atoms with Crippen molar-refractivity contribution in [3.05, 3.63) is 59.3 Å². The molecule has 3 nitrogen and oxygen atoms in total. The quantitative estimate of drug-likeness (QED) is 0.623. The zero-order valence-corrected chi connectivity index (χ0v) is 7.51. The molecule has 14 heavy (non-hydrogen) atoms. The first-order valence-electron chi connectivity index (χ1n) is 4.50. The van der Waals surface area contributed by atoms with Crippen LogP contribution >= 0.6 is 0 Å².